The first-order valence-corrected chi connectivity index (χ1v) is 12.3. The van der Waals surface area contributed by atoms with Gasteiger partial charge in [0.1, 0.15) is 0 Å². The van der Waals surface area contributed by atoms with Crippen molar-refractivity contribution in [3.63, 3.8) is 0 Å². The van der Waals surface area contributed by atoms with E-state index >= 15 is 0 Å². The highest BCUT2D eigenvalue weighted by Crippen LogP contribution is 2.39. The molecule has 2 aliphatic rings. The maximum atomic E-state index is 12.4. The number of benzene rings is 2. The van der Waals surface area contributed by atoms with E-state index in [0.717, 1.165) is 43.0 Å². The lowest BCUT2D eigenvalue weighted by Crippen LogP contribution is -2.47. The third kappa shape index (κ3) is 4.79. The van der Waals surface area contributed by atoms with Gasteiger partial charge in [0.15, 0.2) is 5.11 Å². The standard InChI is InChI=1S/C27H28N4O3S/c1-2-17-6-9-21(10-7-17)28-27(35)29-22-13-19(26(33)34)8-11-24(22)30-14-18-12-20(16-30)23-4-3-5-25(32)31(23)15-18/h3-11,13,18,20H,2,12,14-16H2,1H3,(H,33,34)(H2,28,29,35)/p-1. The zero-order chi connectivity index (χ0) is 24.5. The van der Waals surface area contributed by atoms with E-state index in [4.69, 9.17) is 12.2 Å². The minimum absolute atomic E-state index is 0.0507. The highest BCUT2D eigenvalue weighted by molar-refractivity contribution is 7.80. The van der Waals surface area contributed by atoms with Crippen molar-refractivity contribution in [3.05, 3.63) is 87.8 Å². The van der Waals surface area contributed by atoms with E-state index in [9.17, 15) is 14.7 Å². The molecule has 2 N–H and O–H groups in total. The van der Waals surface area contributed by atoms with E-state index in [2.05, 4.69) is 22.5 Å². The maximum absolute atomic E-state index is 12.4. The van der Waals surface area contributed by atoms with Gasteiger partial charge in [0.25, 0.3) is 5.56 Å². The highest BCUT2D eigenvalue weighted by Gasteiger charge is 2.35. The topological polar surface area (TPSA) is 89.4 Å². The molecule has 0 spiro atoms. The molecule has 2 bridgehead atoms. The molecule has 2 atom stereocenters. The number of nitrogens with zero attached hydrogens (tertiary/aromatic N) is 2. The number of carboxylic acid groups (broad SMARTS) is 1. The molecule has 3 aromatic rings. The molecule has 0 aliphatic carbocycles. The van der Waals surface area contributed by atoms with E-state index in [0.29, 0.717) is 23.3 Å². The number of anilines is 3. The number of carbonyl (C=O) groups is 1. The van der Waals surface area contributed by atoms with Crippen LogP contribution in [0.2, 0.25) is 0 Å². The Bertz CT molecular complexity index is 1330. The fourth-order valence-electron chi connectivity index (χ4n) is 5.24. The van der Waals surface area contributed by atoms with Gasteiger partial charge in [-0.2, -0.15) is 0 Å². The lowest BCUT2D eigenvalue weighted by atomic mass is 9.83. The van der Waals surface area contributed by atoms with Crippen LogP contribution in [0, 0.1) is 5.92 Å². The van der Waals surface area contributed by atoms with Crippen molar-refractivity contribution in [2.24, 2.45) is 5.92 Å². The molecule has 8 heteroatoms. The van der Waals surface area contributed by atoms with Gasteiger partial charge in [-0.1, -0.05) is 31.2 Å². The van der Waals surface area contributed by atoms with Gasteiger partial charge in [-0.3, -0.25) is 4.79 Å². The fourth-order valence-corrected chi connectivity index (χ4v) is 5.47. The first-order chi connectivity index (χ1) is 16.9. The molecule has 180 valence electrons. The largest absolute Gasteiger partial charge is 0.545 e. The van der Waals surface area contributed by atoms with Crippen molar-refractivity contribution in [2.45, 2.75) is 32.2 Å². The molecular formula is C27H27N4O3S-. The van der Waals surface area contributed by atoms with Gasteiger partial charge in [-0.05, 0) is 72.4 Å². The first-order valence-electron chi connectivity index (χ1n) is 11.9. The Morgan fingerprint density at radius 2 is 1.86 bits per heavy atom. The quantitative estimate of drug-likeness (QED) is 0.534. The van der Waals surface area contributed by atoms with E-state index in [1.807, 2.05) is 47.0 Å². The van der Waals surface area contributed by atoms with Crippen LogP contribution in [0.25, 0.3) is 0 Å². The summed E-state index contributed by atoms with van der Waals surface area (Å²) in [6.45, 7) is 4.30. The normalized spacial score (nSPS) is 18.5. The summed E-state index contributed by atoms with van der Waals surface area (Å²) in [5, 5.41) is 18.3. The molecule has 35 heavy (non-hydrogen) atoms. The van der Waals surface area contributed by atoms with E-state index < -0.39 is 5.97 Å². The van der Waals surface area contributed by atoms with Crippen molar-refractivity contribution in [1.29, 1.82) is 0 Å². The van der Waals surface area contributed by atoms with Crippen LogP contribution in [0.15, 0.2) is 65.5 Å². The van der Waals surface area contributed by atoms with Crippen LogP contribution in [-0.2, 0) is 13.0 Å². The molecule has 0 saturated carbocycles. The van der Waals surface area contributed by atoms with Gasteiger partial charge in [0.2, 0.25) is 0 Å². The monoisotopic (exact) mass is 487 g/mol. The molecule has 7 nitrogen and oxygen atoms in total. The zero-order valence-electron chi connectivity index (χ0n) is 19.5. The summed E-state index contributed by atoms with van der Waals surface area (Å²) >= 11 is 5.55. The number of thiocarbonyl (C=S) groups is 1. The first kappa shape index (κ1) is 23.1. The number of carbonyl (C=O) groups excluding carboxylic acids is 1. The van der Waals surface area contributed by atoms with Crippen LogP contribution in [0.4, 0.5) is 17.1 Å². The molecule has 2 aromatic carbocycles. The van der Waals surface area contributed by atoms with Crippen LogP contribution in [0.3, 0.4) is 0 Å². The van der Waals surface area contributed by atoms with Crippen LogP contribution >= 0.6 is 12.2 Å². The Labute approximate surface area is 209 Å². The number of nitrogens with one attached hydrogen (secondary N) is 2. The Morgan fingerprint density at radius 1 is 1.06 bits per heavy atom. The summed E-state index contributed by atoms with van der Waals surface area (Å²) in [4.78, 5) is 26.2. The lowest BCUT2D eigenvalue weighted by Gasteiger charge is -2.44. The van der Waals surface area contributed by atoms with E-state index in [1.54, 1.807) is 18.2 Å². The number of fused-ring (bicyclic) bond motifs is 4. The number of aryl methyl sites for hydroxylation is 1. The van der Waals surface area contributed by atoms with Crippen LogP contribution < -0.4 is 26.2 Å². The number of rotatable bonds is 5. The van der Waals surface area contributed by atoms with Crippen molar-refractivity contribution in [2.75, 3.05) is 28.6 Å². The lowest BCUT2D eigenvalue weighted by molar-refractivity contribution is -0.255. The predicted molar refractivity (Wildman–Crippen MR) is 140 cm³/mol. The Hall–Kier alpha value is -3.65. The molecule has 0 radical (unpaired) electrons. The summed E-state index contributed by atoms with van der Waals surface area (Å²) in [5.74, 6) is -0.679. The molecule has 3 heterocycles. The predicted octanol–water partition coefficient (Wildman–Crippen LogP) is 3.21. The number of hydrogen-bond acceptors (Lipinski definition) is 5. The second-order valence-electron chi connectivity index (χ2n) is 9.25. The van der Waals surface area contributed by atoms with Crippen molar-refractivity contribution in [1.82, 2.24) is 4.57 Å². The minimum Gasteiger partial charge on any atom is -0.545 e. The van der Waals surface area contributed by atoms with Crippen molar-refractivity contribution >= 4 is 40.4 Å². The third-order valence-electron chi connectivity index (χ3n) is 6.92. The van der Waals surface area contributed by atoms with Crippen LogP contribution in [0.1, 0.15) is 40.9 Å². The summed E-state index contributed by atoms with van der Waals surface area (Å²) in [6, 6.07) is 18.5. The van der Waals surface area contributed by atoms with Gasteiger partial charge in [-0.25, -0.2) is 0 Å². The molecule has 5 rings (SSSR count). The smallest absolute Gasteiger partial charge is 0.250 e. The van der Waals surface area contributed by atoms with Gasteiger partial charge in [0, 0.05) is 43.0 Å². The van der Waals surface area contributed by atoms with E-state index in [-0.39, 0.29) is 17.0 Å². The Kier molecular flexibility index (Phi) is 6.30. The van der Waals surface area contributed by atoms with Gasteiger partial charge >= 0.3 is 0 Å². The summed E-state index contributed by atoms with van der Waals surface area (Å²) < 4.78 is 1.90. The average molecular weight is 488 g/mol. The maximum Gasteiger partial charge on any atom is 0.250 e. The van der Waals surface area contributed by atoms with Crippen LogP contribution in [0.5, 0.6) is 0 Å². The molecular weight excluding hydrogens is 460 g/mol. The van der Waals surface area contributed by atoms with Gasteiger partial charge in [0.05, 0.1) is 17.3 Å². The number of hydrogen-bond donors (Lipinski definition) is 2. The summed E-state index contributed by atoms with van der Waals surface area (Å²) in [5.41, 5.74) is 4.77. The Balaban J connectivity index is 1.41. The molecule has 1 saturated heterocycles. The minimum atomic E-state index is -1.24. The number of piperidine rings is 1. The van der Waals surface area contributed by atoms with Crippen molar-refractivity contribution in [3.8, 4) is 0 Å². The highest BCUT2D eigenvalue weighted by atomic mass is 32.1. The molecule has 0 amide bonds. The van der Waals surface area contributed by atoms with Gasteiger partial charge in [-0.15, -0.1) is 0 Å². The average Bonchev–Trinajstić information content (AvgIpc) is 2.85. The summed E-state index contributed by atoms with van der Waals surface area (Å²) in [7, 11) is 0. The zero-order valence-corrected chi connectivity index (χ0v) is 20.3. The SMILES string of the molecule is CCc1ccc(NC(=S)Nc2cc(C(=O)[O-])ccc2N2CC3CC(C2)c2cccc(=O)n2C3)cc1. The van der Waals surface area contributed by atoms with Gasteiger partial charge < -0.3 is 30.0 Å². The number of carboxylic acids is 1. The van der Waals surface area contributed by atoms with E-state index in [1.165, 1.54) is 5.56 Å². The molecule has 1 fully saturated rings. The second kappa shape index (κ2) is 9.54. The van der Waals surface area contributed by atoms with Crippen LogP contribution in [-0.4, -0.2) is 28.7 Å². The number of aromatic nitrogens is 1. The third-order valence-corrected chi connectivity index (χ3v) is 7.13. The fraction of sp³-hybridized carbons (Fsp3) is 0.296. The second-order valence-corrected chi connectivity index (χ2v) is 9.66. The molecule has 1 aromatic heterocycles. The number of pyridine rings is 1. The molecule has 2 unspecified atom stereocenters. The molecule has 2 aliphatic heterocycles. The summed E-state index contributed by atoms with van der Waals surface area (Å²) in [6.07, 6.45) is 1.99. The Morgan fingerprint density at radius 3 is 2.60 bits per heavy atom. The number of aromatic carboxylic acids is 1. The van der Waals surface area contributed by atoms with Crippen molar-refractivity contribution < 1.29 is 9.90 Å².